The first-order valence-corrected chi connectivity index (χ1v) is 12.1. The standard InChI is InChI=1S/C25H27ClN2O2S/c1-4-25(2,3)15-7-10-17-20(13-15)31-24-21(17)23(29)27-22(28-24)19-12-11-18(30-19)14-5-8-16(26)9-6-14/h5-6,8-9,11-12,15,22,28H,4,7,10,13H2,1-3H3,(H,27,29)/t15-,22-/m1/s1. The van der Waals surface area contributed by atoms with Crippen molar-refractivity contribution in [2.45, 2.75) is 52.6 Å². The van der Waals surface area contributed by atoms with Gasteiger partial charge in [-0.25, -0.2) is 0 Å². The van der Waals surface area contributed by atoms with E-state index in [0.29, 0.717) is 22.1 Å². The van der Waals surface area contributed by atoms with Gasteiger partial charge in [-0.3, -0.25) is 4.79 Å². The predicted octanol–water partition coefficient (Wildman–Crippen LogP) is 7.06. The minimum absolute atomic E-state index is 0.00565. The van der Waals surface area contributed by atoms with Gasteiger partial charge in [0.05, 0.1) is 5.56 Å². The number of furan rings is 1. The van der Waals surface area contributed by atoms with E-state index in [1.807, 2.05) is 36.4 Å². The van der Waals surface area contributed by atoms with Crippen LogP contribution < -0.4 is 10.6 Å². The third-order valence-corrected chi connectivity index (χ3v) is 8.54. The molecule has 1 aromatic carbocycles. The lowest BCUT2D eigenvalue weighted by Gasteiger charge is -2.36. The van der Waals surface area contributed by atoms with Crippen molar-refractivity contribution in [1.29, 1.82) is 0 Å². The number of hydrogen-bond donors (Lipinski definition) is 2. The first kappa shape index (κ1) is 20.7. The average Bonchev–Trinajstić information content (AvgIpc) is 3.38. The Morgan fingerprint density at radius 3 is 2.68 bits per heavy atom. The fraction of sp³-hybridized carbons (Fsp3) is 0.400. The Morgan fingerprint density at radius 1 is 1.16 bits per heavy atom. The zero-order chi connectivity index (χ0) is 21.8. The Labute approximate surface area is 192 Å². The molecule has 1 aliphatic carbocycles. The zero-order valence-electron chi connectivity index (χ0n) is 18.0. The van der Waals surface area contributed by atoms with Crippen LogP contribution in [-0.4, -0.2) is 5.91 Å². The van der Waals surface area contributed by atoms with Crippen molar-refractivity contribution in [2.24, 2.45) is 11.3 Å². The highest BCUT2D eigenvalue weighted by atomic mass is 35.5. The molecule has 4 nitrogen and oxygen atoms in total. The number of thiophene rings is 1. The monoisotopic (exact) mass is 454 g/mol. The van der Waals surface area contributed by atoms with Gasteiger partial charge in [0.15, 0.2) is 6.17 Å². The minimum Gasteiger partial charge on any atom is -0.457 e. The smallest absolute Gasteiger partial charge is 0.256 e. The molecule has 2 N–H and O–H groups in total. The van der Waals surface area contributed by atoms with Gasteiger partial charge in [-0.1, -0.05) is 38.8 Å². The van der Waals surface area contributed by atoms with Crippen LogP contribution in [0.4, 0.5) is 5.00 Å². The molecule has 1 aliphatic heterocycles. The topological polar surface area (TPSA) is 54.3 Å². The SMILES string of the molecule is CCC(C)(C)[C@@H]1CCc2c(sc3c2C(=O)N[C@@H](c2ccc(-c4ccc(Cl)cc4)o2)N3)C1. The molecule has 2 aliphatic rings. The zero-order valence-corrected chi connectivity index (χ0v) is 19.6. The second-order valence-corrected chi connectivity index (χ2v) is 10.8. The summed E-state index contributed by atoms with van der Waals surface area (Å²) in [5.74, 6) is 2.11. The quantitative estimate of drug-likeness (QED) is 0.443. The molecule has 0 spiro atoms. The third kappa shape index (κ3) is 3.68. The number of amides is 1. The number of carbonyl (C=O) groups is 1. The van der Waals surface area contributed by atoms with Gasteiger partial charge in [-0.05, 0) is 72.6 Å². The molecule has 31 heavy (non-hydrogen) atoms. The van der Waals surface area contributed by atoms with Crippen LogP contribution >= 0.6 is 22.9 Å². The lowest BCUT2D eigenvalue weighted by Crippen LogP contribution is -2.38. The van der Waals surface area contributed by atoms with Crippen LogP contribution in [-0.2, 0) is 12.8 Å². The highest BCUT2D eigenvalue weighted by Crippen LogP contribution is 2.47. The van der Waals surface area contributed by atoms with E-state index >= 15 is 0 Å². The highest BCUT2D eigenvalue weighted by Gasteiger charge is 2.37. The number of rotatable bonds is 4. The van der Waals surface area contributed by atoms with Crippen LogP contribution in [0.3, 0.4) is 0 Å². The normalized spacial score (nSPS) is 20.6. The van der Waals surface area contributed by atoms with E-state index in [0.717, 1.165) is 41.2 Å². The van der Waals surface area contributed by atoms with Crippen molar-refractivity contribution in [3.63, 3.8) is 0 Å². The molecule has 5 rings (SSSR count). The molecule has 0 saturated carbocycles. The van der Waals surface area contributed by atoms with Crippen molar-refractivity contribution >= 4 is 33.8 Å². The van der Waals surface area contributed by atoms with Crippen LogP contribution in [0, 0.1) is 11.3 Å². The van der Waals surface area contributed by atoms with Crippen LogP contribution in [0.2, 0.25) is 5.02 Å². The number of fused-ring (bicyclic) bond motifs is 3. The molecule has 0 fully saturated rings. The molecule has 0 saturated heterocycles. The second-order valence-electron chi connectivity index (χ2n) is 9.25. The maximum Gasteiger partial charge on any atom is 0.256 e. The number of nitrogens with one attached hydrogen (secondary N) is 2. The molecule has 3 aromatic rings. The Kier molecular flexibility index (Phi) is 5.14. The van der Waals surface area contributed by atoms with Gasteiger partial charge in [0.2, 0.25) is 0 Å². The van der Waals surface area contributed by atoms with Gasteiger partial charge >= 0.3 is 0 Å². The summed E-state index contributed by atoms with van der Waals surface area (Å²) in [6, 6.07) is 11.4. The van der Waals surface area contributed by atoms with E-state index in [9.17, 15) is 4.79 Å². The summed E-state index contributed by atoms with van der Waals surface area (Å²) in [4.78, 5) is 14.4. The lowest BCUT2D eigenvalue weighted by molar-refractivity contribution is 0.0930. The van der Waals surface area contributed by atoms with Crippen molar-refractivity contribution < 1.29 is 9.21 Å². The summed E-state index contributed by atoms with van der Waals surface area (Å²) in [5, 5.41) is 8.27. The Bertz CT molecular complexity index is 1130. The summed E-state index contributed by atoms with van der Waals surface area (Å²) in [6.07, 6.45) is 4.00. The summed E-state index contributed by atoms with van der Waals surface area (Å²) < 4.78 is 6.08. The molecule has 2 aromatic heterocycles. The lowest BCUT2D eigenvalue weighted by atomic mass is 9.69. The van der Waals surface area contributed by atoms with Crippen LogP contribution in [0.15, 0.2) is 40.8 Å². The van der Waals surface area contributed by atoms with Crippen molar-refractivity contribution in [3.05, 3.63) is 63.2 Å². The summed E-state index contributed by atoms with van der Waals surface area (Å²) in [5.41, 5.74) is 3.36. The van der Waals surface area contributed by atoms with Gasteiger partial charge in [0.25, 0.3) is 5.91 Å². The van der Waals surface area contributed by atoms with E-state index < -0.39 is 0 Å². The first-order valence-electron chi connectivity index (χ1n) is 10.9. The Hall–Kier alpha value is -2.24. The molecule has 162 valence electrons. The Morgan fingerprint density at radius 2 is 1.94 bits per heavy atom. The molecule has 3 heterocycles. The summed E-state index contributed by atoms with van der Waals surface area (Å²) >= 11 is 7.73. The third-order valence-electron chi connectivity index (χ3n) is 7.10. The van der Waals surface area contributed by atoms with E-state index in [1.165, 1.54) is 16.9 Å². The number of benzene rings is 1. The molecular weight excluding hydrogens is 428 g/mol. The Balaban J connectivity index is 1.40. The predicted molar refractivity (Wildman–Crippen MR) is 127 cm³/mol. The van der Waals surface area contributed by atoms with E-state index in [4.69, 9.17) is 16.0 Å². The van der Waals surface area contributed by atoms with Gasteiger partial charge < -0.3 is 15.1 Å². The molecule has 0 unspecified atom stereocenters. The fourth-order valence-electron chi connectivity index (χ4n) is 4.67. The summed E-state index contributed by atoms with van der Waals surface area (Å²) in [7, 11) is 0. The van der Waals surface area contributed by atoms with E-state index in [-0.39, 0.29) is 12.1 Å². The summed E-state index contributed by atoms with van der Waals surface area (Å²) in [6.45, 7) is 7.01. The number of anilines is 1. The fourth-order valence-corrected chi connectivity index (χ4v) is 6.15. The second kappa shape index (κ2) is 7.72. The molecule has 6 heteroatoms. The van der Waals surface area contributed by atoms with E-state index in [2.05, 4.69) is 31.4 Å². The van der Waals surface area contributed by atoms with Crippen molar-refractivity contribution in [2.75, 3.05) is 5.32 Å². The van der Waals surface area contributed by atoms with Crippen LogP contribution in [0.1, 0.15) is 66.3 Å². The van der Waals surface area contributed by atoms with Crippen LogP contribution in [0.5, 0.6) is 0 Å². The number of carbonyl (C=O) groups excluding carboxylic acids is 1. The van der Waals surface area contributed by atoms with Gasteiger partial charge in [0.1, 0.15) is 16.5 Å². The van der Waals surface area contributed by atoms with Crippen molar-refractivity contribution in [1.82, 2.24) is 5.32 Å². The molecule has 1 amide bonds. The maximum absolute atomic E-state index is 13.1. The minimum atomic E-state index is -0.371. The largest absolute Gasteiger partial charge is 0.457 e. The number of hydrogen-bond acceptors (Lipinski definition) is 4. The average molecular weight is 455 g/mol. The highest BCUT2D eigenvalue weighted by molar-refractivity contribution is 7.16. The maximum atomic E-state index is 13.1. The van der Waals surface area contributed by atoms with Crippen LogP contribution in [0.25, 0.3) is 11.3 Å². The molecular formula is C25H27ClN2O2S. The van der Waals surface area contributed by atoms with Gasteiger partial charge in [-0.15, -0.1) is 11.3 Å². The number of halogens is 1. The van der Waals surface area contributed by atoms with Crippen molar-refractivity contribution in [3.8, 4) is 11.3 Å². The first-order chi connectivity index (χ1) is 14.9. The molecule has 0 bridgehead atoms. The molecule has 2 atom stereocenters. The van der Waals surface area contributed by atoms with E-state index in [1.54, 1.807) is 11.3 Å². The van der Waals surface area contributed by atoms with Gasteiger partial charge in [0, 0.05) is 15.5 Å². The molecule has 0 radical (unpaired) electrons. The van der Waals surface area contributed by atoms with Gasteiger partial charge in [-0.2, -0.15) is 0 Å².